The topological polar surface area (TPSA) is 41.6 Å². The lowest BCUT2D eigenvalue weighted by molar-refractivity contribution is -0.121. The fourth-order valence-electron chi connectivity index (χ4n) is 4.28. The summed E-state index contributed by atoms with van der Waals surface area (Å²) in [7, 11) is 1.66. The van der Waals surface area contributed by atoms with E-state index >= 15 is 0 Å². The number of carbonyl (C=O) groups excluding carboxylic acids is 1. The monoisotopic (exact) mass is 344 g/mol. The Hall–Kier alpha value is -1.55. The predicted octanol–water partition coefficient (Wildman–Crippen LogP) is 3.40. The number of benzene rings is 1. The first kappa shape index (κ1) is 18.2. The molecule has 4 nitrogen and oxygen atoms in total. The summed E-state index contributed by atoms with van der Waals surface area (Å²) in [4.78, 5) is 15.1. The third-order valence-corrected chi connectivity index (χ3v) is 5.72. The zero-order valence-corrected chi connectivity index (χ0v) is 15.5. The van der Waals surface area contributed by atoms with Crippen LogP contribution in [0.5, 0.6) is 5.75 Å². The molecular formula is C21H32N2O2. The lowest BCUT2D eigenvalue weighted by atomic mass is 9.83. The number of hydrogen-bond donors (Lipinski definition) is 1. The number of piperidine rings is 1. The van der Waals surface area contributed by atoms with Crippen LogP contribution in [0.25, 0.3) is 0 Å². The highest BCUT2D eigenvalue weighted by Gasteiger charge is 2.28. The SMILES string of the molecule is COc1ccc(CC(=O)N[C@@H]2CCCC[C@H]2CN2CCCCC2)cc1. The van der Waals surface area contributed by atoms with Gasteiger partial charge in [0.2, 0.25) is 5.91 Å². The molecule has 1 aromatic rings. The molecule has 0 radical (unpaired) electrons. The average molecular weight is 344 g/mol. The van der Waals surface area contributed by atoms with Gasteiger partial charge in [0.25, 0.3) is 0 Å². The highest BCUT2D eigenvalue weighted by atomic mass is 16.5. The number of hydrogen-bond acceptors (Lipinski definition) is 3. The minimum absolute atomic E-state index is 0.153. The standard InChI is InChI=1S/C21H32N2O2/c1-25-19-11-9-17(10-12-19)15-21(24)22-20-8-4-3-7-18(20)16-23-13-5-2-6-14-23/h9-12,18,20H,2-8,13-16H2,1H3,(H,22,24)/t18-,20+/m0/s1. The Labute approximate surface area is 151 Å². The summed E-state index contributed by atoms with van der Waals surface area (Å²) in [5.74, 6) is 1.60. The molecule has 0 unspecified atom stereocenters. The number of likely N-dealkylation sites (tertiary alicyclic amines) is 1. The largest absolute Gasteiger partial charge is 0.497 e. The van der Waals surface area contributed by atoms with Crippen molar-refractivity contribution in [1.29, 1.82) is 0 Å². The number of rotatable bonds is 6. The smallest absolute Gasteiger partial charge is 0.224 e. The van der Waals surface area contributed by atoms with Crippen LogP contribution in [0.15, 0.2) is 24.3 Å². The van der Waals surface area contributed by atoms with Crippen LogP contribution in [0, 0.1) is 5.92 Å². The molecule has 3 rings (SSSR count). The van der Waals surface area contributed by atoms with Gasteiger partial charge in [0.15, 0.2) is 0 Å². The number of nitrogens with zero attached hydrogens (tertiary/aromatic N) is 1. The maximum absolute atomic E-state index is 12.5. The van der Waals surface area contributed by atoms with Crippen molar-refractivity contribution in [1.82, 2.24) is 10.2 Å². The van der Waals surface area contributed by atoms with Gasteiger partial charge >= 0.3 is 0 Å². The molecule has 0 aromatic heterocycles. The summed E-state index contributed by atoms with van der Waals surface area (Å²) in [5, 5.41) is 3.34. The van der Waals surface area contributed by atoms with E-state index in [1.54, 1.807) is 7.11 Å². The quantitative estimate of drug-likeness (QED) is 0.860. The molecule has 1 saturated carbocycles. The van der Waals surface area contributed by atoms with Crippen LogP contribution in [0.3, 0.4) is 0 Å². The van der Waals surface area contributed by atoms with E-state index < -0.39 is 0 Å². The molecule has 1 amide bonds. The molecule has 1 N–H and O–H groups in total. The van der Waals surface area contributed by atoms with Crippen molar-refractivity contribution < 1.29 is 9.53 Å². The fourth-order valence-corrected chi connectivity index (χ4v) is 4.28. The number of carbonyl (C=O) groups is 1. The highest BCUT2D eigenvalue weighted by Crippen LogP contribution is 2.26. The number of nitrogens with one attached hydrogen (secondary N) is 1. The molecule has 138 valence electrons. The van der Waals surface area contributed by atoms with Crippen LogP contribution in [0.2, 0.25) is 0 Å². The normalized spacial score (nSPS) is 24.7. The summed E-state index contributed by atoms with van der Waals surface area (Å²) in [6.07, 6.45) is 9.44. The van der Waals surface area contributed by atoms with Crippen molar-refractivity contribution >= 4 is 5.91 Å². The fraction of sp³-hybridized carbons (Fsp3) is 0.667. The van der Waals surface area contributed by atoms with Crippen LogP contribution in [-0.2, 0) is 11.2 Å². The molecule has 0 bridgehead atoms. The van der Waals surface area contributed by atoms with Crippen LogP contribution in [-0.4, -0.2) is 43.6 Å². The maximum Gasteiger partial charge on any atom is 0.224 e. The van der Waals surface area contributed by atoms with Gasteiger partial charge < -0.3 is 15.0 Å². The van der Waals surface area contributed by atoms with E-state index in [-0.39, 0.29) is 5.91 Å². The maximum atomic E-state index is 12.5. The van der Waals surface area contributed by atoms with E-state index in [9.17, 15) is 4.79 Å². The van der Waals surface area contributed by atoms with Crippen molar-refractivity contribution in [2.24, 2.45) is 5.92 Å². The molecule has 2 atom stereocenters. The lowest BCUT2D eigenvalue weighted by Crippen LogP contribution is -2.47. The third kappa shape index (κ3) is 5.46. The molecule has 0 spiro atoms. The summed E-state index contributed by atoms with van der Waals surface area (Å²) >= 11 is 0. The van der Waals surface area contributed by atoms with Crippen molar-refractivity contribution in [2.45, 2.75) is 57.4 Å². The van der Waals surface area contributed by atoms with E-state index in [1.807, 2.05) is 24.3 Å². The number of ether oxygens (including phenoxy) is 1. The van der Waals surface area contributed by atoms with Gasteiger partial charge in [-0.25, -0.2) is 0 Å². The summed E-state index contributed by atoms with van der Waals surface area (Å²) < 4.78 is 5.18. The van der Waals surface area contributed by atoms with Gasteiger partial charge in [-0.05, 0) is 62.4 Å². The zero-order valence-electron chi connectivity index (χ0n) is 15.5. The van der Waals surface area contributed by atoms with Gasteiger partial charge in [-0.3, -0.25) is 4.79 Å². The molecule has 1 aliphatic carbocycles. The first-order valence-corrected chi connectivity index (χ1v) is 9.89. The predicted molar refractivity (Wildman–Crippen MR) is 101 cm³/mol. The second-order valence-corrected chi connectivity index (χ2v) is 7.60. The van der Waals surface area contributed by atoms with Crippen LogP contribution in [0.1, 0.15) is 50.5 Å². The minimum Gasteiger partial charge on any atom is -0.497 e. The first-order valence-electron chi connectivity index (χ1n) is 9.89. The molecule has 1 heterocycles. The molecular weight excluding hydrogens is 312 g/mol. The second-order valence-electron chi connectivity index (χ2n) is 7.60. The molecule has 1 aliphatic heterocycles. The summed E-state index contributed by atoms with van der Waals surface area (Å²) in [6.45, 7) is 3.64. The first-order chi connectivity index (χ1) is 12.2. The minimum atomic E-state index is 0.153. The van der Waals surface area contributed by atoms with E-state index in [4.69, 9.17) is 4.74 Å². The van der Waals surface area contributed by atoms with Gasteiger partial charge in [-0.15, -0.1) is 0 Å². The highest BCUT2D eigenvalue weighted by molar-refractivity contribution is 5.78. The Morgan fingerprint density at radius 3 is 2.52 bits per heavy atom. The second kappa shape index (κ2) is 9.23. The molecule has 4 heteroatoms. The Morgan fingerprint density at radius 1 is 1.08 bits per heavy atom. The summed E-state index contributed by atoms with van der Waals surface area (Å²) in [6, 6.07) is 8.14. The Morgan fingerprint density at radius 2 is 1.80 bits per heavy atom. The van der Waals surface area contributed by atoms with Crippen molar-refractivity contribution in [3.05, 3.63) is 29.8 Å². The lowest BCUT2D eigenvalue weighted by Gasteiger charge is -2.37. The van der Waals surface area contributed by atoms with Gasteiger partial charge in [0, 0.05) is 12.6 Å². The van der Waals surface area contributed by atoms with E-state index in [2.05, 4.69) is 10.2 Å². The zero-order chi connectivity index (χ0) is 17.5. The van der Waals surface area contributed by atoms with Gasteiger partial charge in [0.05, 0.1) is 13.5 Å². The van der Waals surface area contributed by atoms with Crippen LogP contribution in [0.4, 0.5) is 0 Å². The molecule has 25 heavy (non-hydrogen) atoms. The Kier molecular flexibility index (Phi) is 6.74. The van der Waals surface area contributed by atoms with E-state index in [0.29, 0.717) is 18.4 Å². The van der Waals surface area contributed by atoms with Gasteiger partial charge in [0.1, 0.15) is 5.75 Å². The molecule has 2 aliphatic rings. The summed E-state index contributed by atoms with van der Waals surface area (Å²) in [5.41, 5.74) is 1.04. The van der Waals surface area contributed by atoms with Crippen molar-refractivity contribution in [3.8, 4) is 5.75 Å². The van der Waals surface area contributed by atoms with E-state index in [1.165, 1.54) is 51.6 Å². The van der Waals surface area contributed by atoms with Gasteiger partial charge in [-0.1, -0.05) is 31.4 Å². The molecule has 2 fully saturated rings. The Balaban J connectivity index is 1.51. The third-order valence-electron chi connectivity index (χ3n) is 5.72. The van der Waals surface area contributed by atoms with E-state index in [0.717, 1.165) is 24.3 Å². The van der Waals surface area contributed by atoms with Crippen molar-refractivity contribution in [3.63, 3.8) is 0 Å². The molecule has 1 saturated heterocycles. The number of methoxy groups -OCH3 is 1. The van der Waals surface area contributed by atoms with Gasteiger partial charge in [-0.2, -0.15) is 0 Å². The van der Waals surface area contributed by atoms with Crippen LogP contribution >= 0.6 is 0 Å². The van der Waals surface area contributed by atoms with Crippen molar-refractivity contribution in [2.75, 3.05) is 26.7 Å². The molecule has 1 aromatic carbocycles. The Bertz CT molecular complexity index is 537. The van der Waals surface area contributed by atoms with Crippen LogP contribution < -0.4 is 10.1 Å². The number of amides is 1. The average Bonchev–Trinajstić information content (AvgIpc) is 2.65.